The monoisotopic (exact) mass is 224 g/mol. The molecule has 1 aromatic rings. The third-order valence-electron chi connectivity index (χ3n) is 3.22. The van der Waals surface area contributed by atoms with Crippen molar-refractivity contribution in [3.05, 3.63) is 23.5 Å². The predicted molar refractivity (Wildman–Crippen MR) is 64.3 cm³/mol. The zero-order chi connectivity index (χ0) is 10.7. The summed E-state index contributed by atoms with van der Waals surface area (Å²) in [4.78, 5) is 4.06. The lowest BCUT2D eigenvalue weighted by atomic mass is 10.1. The van der Waals surface area contributed by atoms with E-state index in [0.717, 1.165) is 11.6 Å². The fourth-order valence-corrected chi connectivity index (χ4v) is 2.39. The maximum absolute atomic E-state index is 5.74. The number of rotatable bonds is 3. The minimum absolute atomic E-state index is 0.554. The van der Waals surface area contributed by atoms with E-state index in [1.165, 1.54) is 25.7 Å². The molecule has 2 rings (SSSR count). The second kappa shape index (κ2) is 4.84. The summed E-state index contributed by atoms with van der Waals surface area (Å²) in [6, 6.07) is 4.45. The minimum Gasteiger partial charge on any atom is -0.381 e. The smallest absolute Gasteiger partial charge is 0.129 e. The minimum atomic E-state index is 0.554. The zero-order valence-corrected chi connectivity index (χ0v) is 9.80. The first-order valence-electron chi connectivity index (χ1n) is 5.66. The molecular formula is C12H17ClN2. The summed E-state index contributed by atoms with van der Waals surface area (Å²) in [5.74, 6) is 0.905. The van der Waals surface area contributed by atoms with Gasteiger partial charge in [-0.15, -0.1) is 0 Å². The predicted octanol–water partition coefficient (Wildman–Crippen LogP) is 3.73. The Morgan fingerprint density at radius 1 is 1.47 bits per heavy atom. The van der Waals surface area contributed by atoms with E-state index in [1.54, 1.807) is 0 Å². The lowest BCUT2D eigenvalue weighted by Gasteiger charge is -2.13. The average Bonchev–Trinajstić information content (AvgIpc) is 2.69. The van der Waals surface area contributed by atoms with Gasteiger partial charge in [-0.25, -0.2) is 4.98 Å². The Balaban J connectivity index is 1.90. The van der Waals surface area contributed by atoms with Crippen molar-refractivity contribution >= 4 is 17.3 Å². The second-order valence-electron chi connectivity index (χ2n) is 4.30. The summed E-state index contributed by atoms with van der Waals surface area (Å²) in [5, 5.41) is 4.07. The zero-order valence-electron chi connectivity index (χ0n) is 9.04. The molecular weight excluding hydrogens is 208 g/mol. The highest BCUT2D eigenvalue weighted by Gasteiger charge is 2.22. The van der Waals surface area contributed by atoms with Crippen molar-refractivity contribution in [2.45, 2.75) is 38.6 Å². The first-order valence-corrected chi connectivity index (χ1v) is 6.04. The highest BCUT2D eigenvalue weighted by molar-refractivity contribution is 6.29. The van der Waals surface area contributed by atoms with Crippen LogP contribution in [0, 0.1) is 5.92 Å². The van der Waals surface area contributed by atoms with Gasteiger partial charge in [0, 0.05) is 6.04 Å². The second-order valence-corrected chi connectivity index (χ2v) is 4.69. The fraction of sp³-hybridized carbons (Fsp3) is 0.583. The molecule has 82 valence electrons. The standard InChI is InChI=1S/C12H17ClN2/c1-2-9-3-4-10(7-9)15-11-5-6-12(13)14-8-11/h5-6,8-10,15H,2-4,7H2,1H3. The third-order valence-corrected chi connectivity index (χ3v) is 3.44. The Hall–Kier alpha value is -0.760. The number of anilines is 1. The molecule has 1 N–H and O–H groups in total. The largest absolute Gasteiger partial charge is 0.381 e. The van der Waals surface area contributed by atoms with E-state index in [4.69, 9.17) is 11.6 Å². The molecule has 0 saturated heterocycles. The molecule has 1 fully saturated rings. The molecule has 0 bridgehead atoms. The molecule has 0 aliphatic heterocycles. The van der Waals surface area contributed by atoms with E-state index < -0.39 is 0 Å². The molecule has 2 atom stereocenters. The lowest BCUT2D eigenvalue weighted by Crippen LogP contribution is -2.15. The van der Waals surface area contributed by atoms with Gasteiger partial charge >= 0.3 is 0 Å². The van der Waals surface area contributed by atoms with Gasteiger partial charge in [-0.1, -0.05) is 24.9 Å². The highest BCUT2D eigenvalue weighted by Crippen LogP contribution is 2.29. The van der Waals surface area contributed by atoms with Crippen molar-refractivity contribution in [3.63, 3.8) is 0 Å². The van der Waals surface area contributed by atoms with E-state index in [2.05, 4.69) is 17.2 Å². The lowest BCUT2D eigenvalue weighted by molar-refractivity contribution is 0.525. The highest BCUT2D eigenvalue weighted by atomic mass is 35.5. The Morgan fingerprint density at radius 2 is 2.33 bits per heavy atom. The van der Waals surface area contributed by atoms with E-state index in [9.17, 15) is 0 Å². The van der Waals surface area contributed by atoms with E-state index >= 15 is 0 Å². The molecule has 0 aromatic carbocycles. The molecule has 1 heterocycles. The Morgan fingerprint density at radius 3 is 2.93 bits per heavy atom. The molecule has 2 unspecified atom stereocenters. The number of pyridine rings is 1. The van der Waals surface area contributed by atoms with Crippen LogP contribution in [-0.4, -0.2) is 11.0 Å². The number of hydrogen-bond acceptors (Lipinski definition) is 2. The summed E-state index contributed by atoms with van der Waals surface area (Å²) in [6.07, 6.45) is 7.04. The molecule has 2 nitrogen and oxygen atoms in total. The van der Waals surface area contributed by atoms with Gasteiger partial charge in [-0.3, -0.25) is 0 Å². The van der Waals surface area contributed by atoms with Crippen LogP contribution in [0.15, 0.2) is 18.3 Å². The molecule has 0 radical (unpaired) electrons. The number of nitrogens with one attached hydrogen (secondary N) is 1. The maximum Gasteiger partial charge on any atom is 0.129 e. The van der Waals surface area contributed by atoms with Crippen LogP contribution < -0.4 is 5.32 Å². The molecule has 1 aromatic heterocycles. The Labute approximate surface area is 96.1 Å². The molecule has 15 heavy (non-hydrogen) atoms. The van der Waals surface area contributed by atoms with Crippen molar-refractivity contribution in [3.8, 4) is 0 Å². The van der Waals surface area contributed by atoms with Crippen molar-refractivity contribution in [1.29, 1.82) is 0 Å². The maximum atomic E-state index is 5.74. The molecule has 1 aliphatic carbocycles. The SMILES string of the molecule is CCC1CCC(Nc2ccc(Cl)nc2)C1. The third kappa shape index (κ3) is 2.85. The summed E-state index contributed by atoms with van der Waals surface area (Å²) in [5.41, 5.74) is 1.08. The normalized spacial score (nSPS) is 25.5. The van der Waals surface area contributed by atoms with Crippen molar-refractivity contribution in [2.24, 2.45) is 5.92 Å². The summed E-state index contributed by atoms with van der Waals surface area (Å²) >= 11 is 5.74. The first kappa shape index (κ1) is 10.7. The summed E-state index contributed by atoms with van der Waals surface area (Å²) in [6.45, 7) is 2.27. The van der Waals surface area contributed by atoms with Crippen LogP contribution in [0.1, 0.15) is 32.6 Å². The van der Waals surface area contributed by atoms with Crippen LogP contribution in [-0.2, 0) is 0 Å². The van der Waals surface area contributed by atoms with Crippen molar-refractivity contribution < 1.29 is 0 Å². The van der Waals surface area contributed by atoms with Crippen LogP contribution >= 0.6 is 11.6 Å². The van der Waals surface area contributed by atoms with Crippen LogP contribution in [0.3, 0.4) is 0 Å². The number of nitrogens with zero attached hydrogens (tertiary/aromatic N) is 1. The summed E-state index contributed by atoms with van der Waals surface area (Å²) < 4.78 is 0. The first-order chi connectivity index (χ1) is 7.28. The van der Waals surface area contributed by atoms with Gasteiger partial charge in [-0.2, -0.15) is 0 Å². The van der Waals surface area contributed by atoms with E-state index in [1.807, 2.05) is 18.3 Å². The van der Waals surface area contributed by atoms with Gasteiger partial charge in [0.25, 0.3) is 0 Å². The number of hydrogen-bond donors (Lipinski definition) is 1. The van der Waals surface area contributed by atoms with E-state index in [0.29, 0.717) is 11.2 Å². The molecule has 1 saturated carbocycles. The van der Waals surface area contributed by atoms with Crippen LogP contribution in [0.4, 0.5) is 5.69 Å². The summed E-state index contributed by atoms with van der Waals surface area (Å²) in [7, 11) is 0. The number of halogens is 1. The molecule has 0 amide bonds. The Kier molecular flexibility index (Phi) is 3.47. The van der Waals surface area contributed by atoms with Gasteiger partial charge < -0.3 is 5.32 Å². The average molecular weight is 225 g/mol. The number of aromatic nitrogens is 1. The van der Waals surface area contributed by atoms with Gasteiger partial charge in [0.1, 0.15) is 5.15 Å². The van der Waals surface area contributed by atoms with Crippen LogP contribution in [0.5, 0.6) is 0 Å². The van der Waals surface area contributed by atoms with Gasteiger partial charge in [0.05, 0.1) is 11.9 Å². The van der Waals surface area contributed by atoms with Crippen LogP contribution in [0.2, 0.25) is 5.15 Å². The van der Waals surface area contributed by atoms with Gasteiger partial charge in [0.15, 0.2) is 0 Å². The van der Waals surface area contributed by atoms with Gasteiger partial charge in [0.2, 0.25) is 0 Å². The van der Waals surface area contributed by atoms with Crippen molar-refractivity contribution in [2.75, 3.05) is 5.32 Å². The Bertz CT molecular complexity index is 310. The quantitative estimate of drug-likeness (QED) is 0.792. The topological polar surface area (TPSA) is 24.9 Å². The van der Waals surface area contributed by atoms with Crippen LogP contribution in [0.25, 0.3) is 0 Å². The fourth-order valence-electron chi connectivity index (χ4n) is 2.27. The molecule has 1 aliphatic rings. The van der Waals surface area contributed by atoms with Gasteiger partial charge in [-0.05, 0) is 37.3 Å². The van der Waals surface area contributed by atoms with E-state index in [-0.39, 0.29) is 0 Å². The molecule has 0 spiro atoms. The van der Waals surface area contributed by atoms with Crippen molar-refractivity contribution in [1.82, 2.24) is 4.98 Å². The molecule has 3 heteroatoms.